The average molecular weight is 242 g/mol. The SMILES string of the molecule is CCCC(NC(C)CN1CCCCC1)C(=O)O. The topological polar surface area (TPSA) is 52.6 Å². The van der Waals surface area contributed by atoms with Crippen LogP contribution < -0.4 is 5.32 Å². The number of rotatable bonds is 7. The predicted molar refractivity (Wildman–Crippen MR) is 69.2 cm³/mol. The fourth-order valence-electron chi connectivity index (χ4n) is 2.49. The lowest BCUT2D eigenvalue weighted by Crippen LogP contribution is -2.48. The summed E-state index contributed by atoms with van der Waals surface area (Å²) in [5.41, 5.74) is 0. The minimum Gasteiger partial charge on any atom is -0.480 e. The maximum atomic E-state index is 11.0. The van der Waals surface area contributed by atoms with E-state index in [0.717, 1.165) is 26.1 Å². The Kier molecular flexibility index (Phi) is 6.52. The normalized spacial score (nSPS) is 21.1. The Morgan fingerprint density at radius 3 is 2.53 bits per heavy atom. The van der Waals surface area contributed by atoms with Crippen molar-refractivity contribution in [1.29, 1.82) is 0 Å². The lowest BCUT2D eigenvalue weighted by Gasteiger charge is -2.30. The van der Waals surface area contributed by atoms with E-state index >= 15 is 0 Å². The summed E-state index contributed by atoms with van der Waals surface area (Å²) in [6.07, 6.45) is 5.51. The second kappa shape index (κ2) is 7.67. The van der Waals surface area contributed by atoms with E-state index in [2.05, 4.69) is 17.1 Å². The molecular formula is C13H26N2O2. The second-order valence-corrected chi connectivity index (χ2v) is 5.11. The zero-order valence-electron chi connectivity index (χ0n) is 11.1. The molecule has 1 aliphatic rings. The van der Waals surface area contributed by atoms with Gasteiger partial charge >= 0.3 is 5.97 Å². The molecule has 0 bridgehead atoms. The molecule has 1 heterocycles. The first kappa shape index (κ1) is 14.5. The van der Waals surface area contributed by atoms with Crippen molar-refractivity contribution >= 4 is 5.97 Å². The highest BCUT2D eigenvalue weighted by Gasteiger charge is 2.20. The van der Waals surface area contributed by atoms with Crippen molar-refractivity contribution in [2.24, 2.45) is 0 Å². The van der Waals surface area contributed by atoms with Gasteiger partial charge in [-0.3, -0.25) is 4.79 Å². The number of carboxylic acid groups (broad SMARTS) is 1. The minimum atomic E-state index is -0.725. The van der Waals surface area contributed by atoms with Gasteiger partial charge in [0.2, 0.25) is 0 Å². The van der Waals surface area contributed by atoms with Crippen LogP contribution in [0.5, 0.6) is 0 Å². The van der Waals surface area contributed by atoms with Crippen molar-refractivity contribution in [1.82, 2.24) is 10.2 Å². The van der Waals surface area contributed by atoms with Crippen LogP contribution in [-0.4, -0.2) is 47.7 Å². The molecule has 0 aromatic rings. The first-order chi connectivity index (χ1) is 8.13. The molecule has 0 aliphatic carbocycles. The molecule has 17 heavy (non-hydrogen) atoms. The Balaban J connectivity index is 2.30. The molecule has 0 aromatic carbocycles. The number of carbonyl (C=O) groups is 1. The molecular weight excluding hydrogens is 216 g/mol. The van der Waals surface area contributed by atoms with Crippen LogP contribution >= 0.6 is 0 Å². The van der Waals surface area contributed by atoms with E-state index in [1.54, 1.807) is 0 Å². The van der Waals surface area contributed by atoms with Crippen LogP contribution in [0.2, 0.25) is 0 Å². The second-order valence-electron chi connectivity index (χ2n) is 5.11. The van der Waals surface area contributed by atoms with Gasteiger partial charge in [0.15, 0.2) is 0 Å². The first-order valence-electron chi connectivity index (χ1n) is 6.84. The summed E-state index contributed by atoms with van der Waals surface area (Å²) >= 11 is 0. The molecule has 1 rings (SSSR count). The highest BCUT2D eigenvalue weighted by atomic mass is 16.4. The molecule has 0 amide bonds. The summed E-state index contributed by atoms with van der Waals surface area (Å²) in [4.78, 5) is 13.5. The van der Waals surface area contributed by atoms with Gasteiger partial charge in [0.25, 0.3) is 0 Å². The molecule has 0 spiro atoms. The van der Waals surface area contributed by atoms with Crippen LogP contribution in [-0.2, 0) is 4.79 Å². The molecule has 100 valence electrons. The Morgan fingerprint density at radius 1 is 1.35 bits per heavy atom. The average Bonchev–Trinajstić information content (AvgIpc) is 2.29. The van der Waals surface area contributed by atoms with Gasteiger partial charge < -0.3 is 15.3 Å². The Bertz CT molecular complexity index is 227. The minimum absolute atomic E-state index is 0.251. The number of nitrogens with one attached hydrogen (secondary N) is 1. The molecule has 4 nitrogen and oxygen atoms in total. The maximum Gasteiger partial charge on any atom is 0.320 e. The fraction of sp³-hybridized carbons (Fsp3) is 0.923. The third-order valence-corrected chi connectivity index (χ3v) is 3.34. The van der Waals surface area contributed by atoms with Gasteiger partial charge in [-0.1, -0.05) is 19.8 Å². The van der Waals surface area contributed by atoms with E-state index in [-0.39, 0.29) is 12.1 Å². The predicted octanol–water partition coefficient (Wildman–Crippen LogP) is 1.70. The van der Waals surface area contributed by atoms with E-state index in [0.29, 0.717) is 6.42 Å². The fourth-order valence-corrected chi connectivity index (χ4v) is 2.49. The largest absolute Gasteiger partial charge is 0.480 e. The van der Waals surface area contributed by atoms with E-state index in [9.17, 15) is 4.79 Å². The Hall–Kier alpha value is -0.610. The maximum absolute atomic E-state index is 11.0. The molecule has 0 saturated carbocycles. The third-order valence-electron chi connectivity index (χ3n) is 3.34. The van der Waals surface area contributed by atoms with Crippen LogP contribution in [0.4, 0.5) is 0 Å². The Labute approximate surface area is 104 Å². The van der Waals surface area contributed by atoms with Crippen molar-refractivity contribution in [3.8, 4) is 0 Å². The number of piperidine rings is 1. The van der Waals surface area contributed by atoms with Gasteiger partial charge in [-0.2, -0.15) is 0 Å². The number of hydrogen-bond acceptors (Lipinski definition) is 3. The van der Waals surface area contributed by atoms with Crippen molar-refractivity contribution in [2.75, 3.05) is 19.6 Å². The van der Waals surface area contributed by atoms with Crippen molar-refractivity contribution in [3.05, 3.63) is 0 Å². The molecule has 2 atom stereocenters. The zero-order valence-corrected chi connectivity index (χ0v) is 11.1. The molecule has 0 aromatic heterocycles. The van der Waals surface area contributed by atoms with Gasteiger partial charge in [0, 0.05) is 12.6 Å². The monoisotopic (exact) mass is 242 g/mol. The molecule has 2 N–H and O–H groups in total. The van der Waals surface area contributed by atoms with Crippen molar-refractivity contribution < 1.29 is 9.90 Å². The highest BCUT2D eigenvalue weighted by molar-refractivity contribution is 5.73. The summed E-state index contributed by atoms with van der Waals surface area (Å²) in [7, 11) is 0. The summed E-state index contributed by atoms with van der Waals surface area (Å²) in [5, 5.41) is 12.3. The zero-order chi connectivity index (χ0) is 12.7. The van der Waals surface area contributed by atoms with E-state index < -0.39 is 5.97 Å². The number of carboxylic acids is 1. The van der Waals surface area contributed by atoms with Crippen LogP contribution in [0.25, 0.3) is 0 Å². The number of nitrogens with zero attached hydrogens (tertiary/aromatic N) is 1. The summed E-state index contributed by atoms with van der Waals surface area (Å²) < 4.78 is 0. The van der Waals surface area contributed by atoms with Crippen molar-refractivity contribution in [3.63, 3.8) is 0 Å². The summed E-state index contributed by atoms with van der Waals surface area (Å²) in [6.45, 7) is 7.40. The number of likely N-dealkylation sites (tertiary alicyclic amines) is 1. The number of hydrogen-bond donors (Lipinski definition) is 2. The van der Waals surface area contributed by atoms with E-state index in [4.69, 9.17) is 5.11 Å². The van der Waals surface area contributed by atoms with Crippen LogP contribution in [0, 0.1) is 0 Å². The molecule has 2 unspecified atom stereocenters. The molecule has 1 aliphatic heterocycles. The lowest BCUT2D eigenvalue weighted by molar-refractivity contribution is -0.139. The van der Waals surface area contributed by atoms with E-state index in [1.807, 2.05) is 6.92 Å². The molecule has 0 radical (unpaired) electrons. The molecule has 4 heteroatoms. The lowest BCUT2D eigenvalue weighted by atomic mass is 10.1. The van der Waals surface area contributed by atoms with Gasteiger partial charge in [-0.05, 0) is 39.3 Å². The third kappa shape index (κ3) is 5.50. The van der Waals surface area contributed by atoms with Crippen LogP contribution in [0.3, 0.4) is 0 Å². The van der Waals surface area contributed by atoms with Gasteiger partial charge in [0.05, 0.1) is 0 Å². The van der Waals surface area contributed by atoms with Gasteiger partial charge in [-0.25, -0.2) is 0 Å². The number of aliphatic carboxylic acids is 1. The standard InChI is InChI=1S/C13H26N2O2/c1-3-7-12(13(16)17)14-11(2)10-15-8-5-4-6-9-15/h11-12,14H,3-10H2,1-2H3,(H,16,17). The molecule has 1 saturated heterocycles. The Morgan fingerprint density at radius 2 is 2.00 bits per heavy atom. The summed E-state index contributed by atoms with van der Waals surface area (Å²) in [5.74, 6) is -0.725. The van der Waals surface area contributed by atoms with Crippen LogP contribution in [0.15, 0.2) is 0 Å². The smallest absolute Gasteiger partial charge is 0.320 e. The quantitative estimate of drug-likeness (QED) is 0.713. The molecule has 1 fully saturated rings. The first-order valence-corrected chi connectivity index (χ1v) is 6.84. The van der Waals surface area contributed by atoms with Crippen LogP contribution in [0.1, 0.15) is 46.0 Å². The van der Waals surface area contributed by atoms with Gasteiger partial charge in [0.1, 0.15) is 6.04 Å². The van der Waals surface area contributed by atoms with Crippen molar-refractivity contribution in [2.45, 2.75) is 58.0 Å². The highest BCUT2D eigenvalue weighted by Crippen LogP contribution is 2.09. The van der Waals surface area contributed by atoms with Gasteiger partial charge in [-0.15, -0.1) is 0 Å². The van der Waals surface area contributed by atoms with E-state index in [1.165, 1.54) is 19.3 Å². The summed E-state index contributed by atoms with van der Waals surface area (Å²) in [6, 6.07) is -0.138.